The number of nitrogens with zero attached hydrogens (tertiary/aromatic N) is 1. The van der Waals surface area contributed by atoms with Crippen LogP contribution in [-0.2, 0) is 11.2 Å². The van der Waals surface area contributed by atoms with Crippen molar-refractivity contribution in [1.82, 2.24) is 0 Å². The fourth-order valence-electron chi connectivity index (χ4n) is 3.45. The Kier molecular flexibility index (Phi) is 4.82. The molecule has 0 bridgehead atoms. The molecule has 136 valence electrons. The minimum absolute atomic E-state index is 0.0365. The smallest absolute Gasteiger partial charge is 0.334 e. The van der Waals surface area contributed by atoms with Gasteiger partial charge in [0.05, 0.1) is 15.5 Å². The van der Waals surface area contributed by atoms with E-state index in [0.717, 1.165) is 22.5 Å². The molecule has 7 heteroatoms. The van der Waals surface area contributed by atoms with Crippen LogP contribution >= 0.6 is 11.3 Å². The molecule has 1 aliphatic rings. The van der Waals surface area contributed by atoms with Gasteiger partial charge in [-0.15, -0.1) is 11.3 Å². The number of rotatable bonds is 5. The van der Waals surface area contributed by atoms with Crippen molar-refractivity contribution in [2.75, 3.05) is 5.32 Å². The van der Waals surface area contributed by atoms with E-state index in [1.54, 1.807) is 30.4 Å². The third-order valence-electron chi connectivity index (χ3n) is 4.46. The number of nitro groups is 1. The molecule has 2 N–H and O–H groups in total. The van der Waals surface area contributed by atoms with E-state index >= 15 is 0 Å². The maximum atomic E-state index is 12.0. The van der Waals surface area contributed by atoms with Crippen LogP contribution in [-0.4, -0.2) is 16.0 Å². The predicted molar refractivity (Wildman–Crippen MR) is 102 cm³/mol. The van der Waals surface area contributed by atoms with Crippen LogP contribution in [0.5, 0.6) is 0 Å². The number of anilines is 1. The van der Waals surface area contributed by atoms with Gasteiger partial charge in [0.1, 0.15) is 0 Å². The molecule has 0 fully saturated rings. The molecule has 1 atom stereocenters. The van der Waals surface area contributed by atoms with Crippen molar-refractivity contribution in [2.24, 2.45) is 5.92 Å². The summed E-state index contributed by atoms with van der Waals surface area (Å²) in [7, 11) is 0. The predicted octanol–water partition coefficient (Wildman–Crippen LogP) is 4.77. The number of aliphatic carboxylic acids is 1. The summed E-state index contributed by atoms with van der Waals surface area (Å²) in [5.41, 5.74) is 3.41. The lowest BCUT2D eigenvalue weighted by molar-refractivity contribution is -0.384. The average molecular weight is 372 g/mol. The van der Waals surface area contributed by atoms with Gasteiger partial charge in [-0.05, 0) is 35.8 Å². The van der Waals surface area contributed by atoms with Crippen LogP contribution < -0.4 is 5.32 Å². The number of hydrogen-bond donors (Lipinski definition) is 2. The largest absolute Gasteiger partial charge is 0.478 e. The molecular formula is C19H20N2O4S. The van der Waals surface area contributed by atoms with Crippen molar-refractivity contribution in [3.8, 4) is 0 Å². The van der Waals surface area contributed by atoms with Gasteiger partial charge in [0.2, 0.25) is 0 Å². The number of thiophene rings is 1. The van der Waals surface area contributed by atoms with Gasteiger partial charge in [0, 0.05) is 29.3 Å². The van der Waals surface area contributed by atoms with Gasteiger partial charge in [-0.1, -0.05) is 26.0 Å². The molecule has 2 aromatic rings. The number of benzene rings is 1. The van der Waals surface area contributed by atoms with E-state index in [-0.39, 0.29) is 11.3 Å². The van der Waals surface area contributed by atoms with E-state index in [2.05, 4.69) is 24.5 Å². The minimum atomic E-state index is -1.01. The van der Waals surface area contributed by atoms with Crippen molar-refractivity contribution in [2.45, 2.75) is 33.1 Å². The Labute approximate surface area is 155 Å². The Morgan fingerprint density at radius 1 is 1.42 bits per heavy atom. The van der Waals surface area contributed by atoms with Gasteiger partial charge in [-0.25, -0.2) is 4.79 Å². The van der Waals surface area contributed by atoms with Crippen LogP contribution in [0.3, 0.4) is 0 Å². The second kappa shape index (κ2) is 6.92. The second-order valence-electron chi connectivity index (χ2n) is 6.86. The highest BCUT2D eigenvalue weighted by atomic mass is 32.1. The zero-order valence-electron chi connectivity index (χ0n) is 14.8. The molecule has 3 rings (SSSR count). The highest BCUT2D eigenvalue weighted by molar-refractivity contribution is 7.14. The highest BCUT2D eigenvalue weighted by Gasteiger charge is 2.35. The van der Waals surface area contributed by atoms with E-state index < -0.39 is 16.8 Å². The lowest BCUT2D eigenvalue weighted by Gasteiger charge is -2.28. The molecule has 6 nitrogen and oxygen atoms in total. The number of allylic oxidation sites excluding steroid dienone is 1. The van der Waals surface area contributed by atoms with Gasteiger partial charge in [-0.2, -0.15) is 0 Å². The number of nitrogens with one attached hydrogen (secondary N) is 1. The zero-order chi connectivity index (χ0) is 19.0. The summed E-state index contributed by atoms with van der Waals surface area (Å²) in [4.78, 5) is 22.7. The van der Waals surface area contributed by atoms with Crippen LogP contribution in [0.15, 0.2) is 40.9 Å². The number of non-ortho nitro benzene ring substituents is 1. The summed E-state index contributed by atoms with van der Waals surface area (Å²) in [5, 5.41) is 27.2. The Morgan fingerprint density at radius 3 is 2.77 bits per heavy atom. The Hall–Kier alpha value is -2.67. The Balaban J connectivity index is 2.23. The molecule has 2 heterocycles. The number of carbonyl (C=O) groups is 1. The number of nitro benzene ring substituents is 1. The Bertz CT molecular complexity index is 914. The van der Waals surface area contributed by atoms with E-state index in [1.807, 2.05) is 0 Å². The molecule has 0 spiro atoms. The maximum Gasteiger partial charge on any atom is 0.334 e. The van der Waals surface area contributed by atoms with Crippen LogP contribution in [0.2, 0.25) is 0 Å². The number of hydrogen-bond acceptors (Lipinski definition) is 5. The number of carboxylic acids is 1. The normalized spacial score (nSPS) is 16.4. The van der Waals surface area contributed by atoms with E-state index in [1.165, 1.54) is 12.1 Å². The SMILES string of the molecule is CC1=C(C(=O)O)[C@@H](c2cccc([N+](=O)[O-])c2)c2c(CC(C)C)csc2N1. The van der Waals surface area contributed by atoms with Crippen LogP contribution in [0.1, 0.15) is 43.4 Å². The van der Waals surface area contributed by atoms with E-state index in [0.29, 0.717) is 17.2 Å². The molecule has 26 heavy (non-hydrogen) atoms. The van der Waals surface area contributed by atoms with Crippen LogP contribution in [0.25, 0.3) is 0 Å². The molecule has 0 aliphatic carbocycles. The van der Waals surface area contributed by atoms with Crippen LogP contribution in [0, 0.1) is 16.0 Å². The topological polar surface area (TPSA) is 92.5 Å². The third-order valence-corrected chi connectivity index (χ3v) is 5.42. The summed E-state index contributed by atoms with van der Waals surface area (Å²) in [6, 6.07) is 6.27. The monoisotopic (exact) mass is 372 g/mol. The summed E-state index contributed by atoms with van der Waals surface area (Å²) < 4.78 is 0. The molecule has 1 aromatic carbocycles. The third kappa shape index (κ3) is 3.22. The van der Waals surface area contributed by atoms with Crippen molar-refractivity contribution in [1.29, 1.82) is 0 Å². The first-order chi connectivity index (χ1) is 12.3. The van der Waals surface area contributed by atoms with Gasteiger partial charge in [0.15, 0.2) is 0 Å². The van der Waals surface area contributed by atoms with E-state index in [9.17, 15) is 20.0 Å². The van der Waals surface area contributed by atoms with Crippen LogP contribution in [0.4, 0.5) is 10.7 Å². The van der Waals surface area contributed by atoms with Gasteiger partial charge in [-0.3, -0.25) is 10.1 Å². The van der Waals surface area contributed by atoms with Gasteiger partial charge >= 0.3 is 5.97 Å². The van der Waals surface area contributed by atoms with Crippen molar-refractivity contribution >= 4 is 28.0 Å². The average Bonchev–Trinajstić information content (AvgIpc) is 2.95. The lowest BCUT2D eigenvalue weighted by Crippen LogP contribution is -2.22. The minimum Gasteiger partial charge on any atom is -0.478 e. The molecule has 0 amide bonds. The first-order valence-electron chi connectivity index (χ1n) is 8.35. The summed E-state index contributed by atoms with van der Waals surface area (Å²) in [6.45, 7) is 5.96. The fraction of sp³-hybridized carbons (Fsp3) is 0.316. The second-order valence-corrected chi connectivity index (χ2v) is 7.74. The highest BCUT2D eigenvalue weighted by Crippen LogP contribution is 2.47. The first-order valence-corrected chi connectivity index (χ1v) is 9.23. The molecule has 0 saturated heterocycles. The Morgan fingerprint density at radius 2 is 2.15 bits per heavy atom. The van der Waals surface area contributed by atoms with E-state index in [4.69, 9.17) is 0 Å². The van der Waals surface area contributed by atoms with Gasteiger partial charge < -0.3 is 10.4 Å². The fourth-order valence-corrected chi connectivity index (χ4v) is 4.52. The molecule has 0 unspecified atom stereocenters. The number of fused-ring (bicyclic) bond motifs is 1. The van der Waals surface area contributed by atoms with Crippen molar-refractivity contribution in [3.05, 3.63) is 67.7 Å². The zero-order valence-corrected chi connectivity index (χ0v) is 15.6. The quantitative estimate of drug-likeness (QED) is 0.582. The molecule has 1 aromatic heterocycles. The maximum absolute atomic E-state index is 12.0. The van der Waals surface area contributed by atoms with Crippen molar-refractivity contribution in [3.63, 3.8) is 0 Å². The molecule has 0 radical (unpaired) electrons. The molecular weight excluding hydrogens is 352 g/mol. The van der Waals surface area contributed by atoms with Gasteiger partial charge in [0.25, 0.3) is 5.69 Å². The first kappa shape index (κ1) is 18.1. The molecule has 0 saturated carbocycles. The molecule has 1 aliphatic heterocycles. The summed E-state index contributed by atoms with van der Waals surface area (Å²) in [6.07, 6.45) is 0.824. The lowest BCUT2D eigenvalue weighted by atomic mass is 9.80. The summed E-state index contributed by atoms with van der Waals surface area (Å²) >= 11 is 1.55. The van der Waals surface area contributed by atoms with Crippen molar-refractivity contribution < 1.29 is 14.8 Å². The summed E-state index contributed by atoms with van der Waals surface area (Å²) in [5.74, 6) is -1.12. The standard InChI is InChI=1S/C19H20N2O4S/c1-10(2)7-13-9-26-18-17(13)16(15(19(22)23)11(3)20-18)12-5-4-6-14(8-12)21(24)25/h4-6,8-10,16,20H,7H2,1-3H3,(H,22,23)/t16-/m1/s1. The number of carboxylic acid groups (broad SMARTS) is 1.